The molecular weight excluding hydrogens is 288 g/mol. The summed E-state index contributed by atoms with van der Waals surface area (Å²) in [4.78, 5) is 0. The van der Waals surface area contributed by atoms with Gasteiger partial charge < -0.3 is 45.6 Å². The summed E-state index contributed by atoms with van der Waals surface area (Å²) < 4.78 is 4.84. The highest BCUT2D eigenvalue weighted by molar-refractivity contribution is 5.05. The van der Waals surface area contributed by atoms with Crippen molar-refractivity contribution in [3.05, 3.63) is 0 Å². The van der Waals surface area contributed by atoms with Crippen LogP contribution in [0.2, 0.25) is 0 Å². The quantitative estimate of drug-likeness (QED) is 0.252. The number of aliphatic hydroxyl groups excluding tert-OH is 7. The molecule has 1 heterocycles. The van der Waals surface area contributed by atoms with Crippen LogP contribution in [-0.4, -0.2) is 95.5 Å². The lowest BCUT2D eigenvalue weighted by atomic mass is 9.78. The number of hydrogen-bond acceptors (Lipinski definition) is 9. The van der Waals surface area contributed by atoms with Gasteiger partial charge in [0, 0.05) is 6.42 Å². The summed E-state index contributed by atoms with van der Waals surface area (Å²) in [5, 5.41) is 77.5. The molecule has 9 nitrogen and oxygen atoms in total. The lowest BCUT2D eigenvalue weighted by Gasteiger charge is -2.48. The first-order valence-corrected chi connectivity index (χ1v) is 6.67. The van der Waals surface area contributed by atoms with E-state index in [0.717, 1.165) is 0 Å². The molecule has 1 fully saturated rings. The molecule has 126 valence electrons. The normalized spacial score (nSPS) is 43.1. The maximum atomic E-state index is 10.4. The van der Waals surface area contributed by atoms with Crippen molar-refractivity contribution in [2.24, 2.45) is 0 Å². The largest absolute Gasteiger partial charge is 0.391 e. The minimum absolute atomic E-state index is 0.587. The lowest BCUT2D eigenvalue weighted by molar-refractivity contribution is -0.332. The van der Waals surface area contributed by atoms with Gasteiger partial charge >= 0.3 is 0 Å². The van der Waals surface area contributed by atoms with E-state index in [1.807, 2.05) is 0 Å². The fourth-order valence-electron chi connectivity index (χ4n) is 2.42. The molecule has 0 aliphatic carbocycles. The number of rotatable bonds is 5. The van der Waals surface area contributed by atoms with E-state index in [-0.39, 0.29) is 0 Å². The highest BCUT2D eigenvalue weighted by atomic mass is 16.6. The Hall–Kier alpha value is -0.360. The number of hydrogen-bond donors (Lipinski definition) is 8. The van der Waals surface area contributed by atoms with E-state index in [2.05, 4.69) is 0 Å². The van der Waals surface area contributed by atoms with Crippen molar-refractivity contribution >= 4 is 0 Å². The third-order valence-corrected chi connectivity index (χ3v) is 3.97. The zero-order chi connectivity index (χ0) is 16.5. The van der Waals surface area contributed by atoms with Crippen LogP contribution in [0, 0.1) is 0 Å². The molecular formula is C12H24O9. The SMILES string of the molecule is C[C@@H](O)[C@@H](O)[C@@H](O)C[C@H](O)[C@@]1(O)[C@H](O)[C@@H](O)[C@@H](O)O[C@@H]1C. The molecule has 0 saturated carbocycles. The van der Waals surface area contributed by atoms with Crippen molar-refractivity contribution in [1.82, 2.24) is 0 Å². The van der Waals surface area contributed by atoms with Crippen molar-refractivity contribution < 1.29 is 45.6 Å². The average Bonchev–Trinajstić information content (AvgIpc) is 2.41. The molecule has 1 aliphatic rings. The fourth-order valence-corrected chi connectivity index (χ4v) is 2.42. The molecule has 0 radical (unpaired) electrons. The van der Waals surface area contributed by atoms with E-state index in [9.17, 15) is 35.7 Å². The summed E-state index contributed by atoms with van der Waals surface area (Å²) in [6.45, 7) is 2.50. The Morgan fingerprint density at radius 2 is 1.62 bits per heavy atom. The van der Waals surface area contributed by atoms with Crippen molar-refractivity contribution in [1.29, 1.82) is 0 Å². The molecule has 0 aromatic rings. The summed E-state index contributed by atoms with van der Waals surface area (Å²) in [5.74, 6) is 0. The third kappa shape index (κ3) is 3.52. The van der Waals surface area contributed by atoms with Crippen molar-refractivity contribution in [3.8, 4) is 0 Å². The van der Waals surface area contributed by atoms with Crippen LogP contribution < -0.4 is 0 Å². The van der Waals surface area contributed by atoms with E-state index in [1.165, 1.54) is 13.8 Å². The van der Waals surface area contributed by atoms with Gasteiger partial charge in [-0.1, -0.05) is 0 Å². The van der Waals surface area contributed by atoms with Crippen LogP contribution in [-0.2, 0) is 4.74 Å². The summed E-state index contributed by atoms with van der Waals surface area (Å²) in [6, 6.07) is 0. The monoisotopic (exact) mass is 312 g/mol. The van der Waals surface area contributed by atoms with Gasteiger partial charge in [-0.3, -0.25) is 0 Å². The van der Waals surface area contributed by atoms with Gasteiger partial charge in [-0.25, -0.2) is 0 Å². The van der Waals surface area contributed by atoms with E-state index in [4.69, 9.17) is 9.84 Å². The lowest BCUT2D eigenvalue weighted by Crippen LogP contribution is -2.70. The van der Waals surface area contributed by atoms with E-state index >= 15 is 0 Å². The zero-order valence-corrected chi connectivity index (χ0v) is 11.8. The van der Waals surface area contributed by atoms with Gasteiger partial charge in [0.25, 0.3) is 0 Å². The predicted molar refractivity (Wildman–Crippen MR) is 67.8 cm³/mol. The second kappa shape index (κ2) is 6.82. The maximum Gasteiger partial charge on any atom is 0.183 e. The molecule has 0 bridgehead atoms. The van der Waals surface area contributed by atoms with Gasteiger partial charge in [-0.2, -0.15) is 0 Å². The first kappa shape index (κ1) is 18.7. The standard InChI is InChI=1S/C12H24O9/c1-4(13)8(16)6(14)3-7(15)12(20)5(2)21-11(19)9(17)10(12)18/h4-11,13-20H,3H2,1-2H3/t4-,5-,6+,7+,8-,9-,10-,11+,12-/m1/s1. The van der Waals surface area contributed by atoms with Crippen LogP contribution in [0.1, 0.15) is 20.3 Å². The molecule has 0 aromatic heterocycles. The Morgan fingerprint density at radius 3 is 2.10 bits per heavy atom. The van der Waals surface area contributed by atoms with Crippen LogP contribution in [0.15, 0.2) is 0 Å². The Balaban J connectivity index is 2.85. The average molecular weight is 312 g/mol. The molecule has 1 rings (SSSR count). The topological polar surface area (TPSA) is 171 Å². The van der Waals surface area contributed by atoms with E-state index < -0.39 is 61.0 Å². The summed E-state index contributed by atoms with van der Waals surface area (Å²) >= 11 is 0. The minimum atomic E-state index is -2.36. The molecule has 0 aromatic carbocycles. The van der Waals surface area contributed by atoms with Gasteiger partial charge in [-0.05, 0) is 13.8 Å². The summed E-state index contributed by atoms with van der Waals surface area (Å²) in [7, 11) is 0. The van der Waals surface area contributed by atoms with Crippen LogP contribution in [0.4, 0.5) is 0 Å². The number of ether oxygens (including phenoxy) is 1. The predicted octanol–water partition coefficient (Wildman–Crippen LogP) is -3.97. The smallest absolute Gasteiger partial charge is 0.183 e. The maximum absolute atomic E-state index is 10.4. The molecule has 1 aliphatic heterocycles. The highest BCUT2D eigenvalue weighted by Gasteiger charge is 2.57. The number of aliphatic hydroxyl groups is 8. The molecule has 9 atom stereocenters. The van der Waals surface area contributed by atoms with Gasteiger partial charge in [0.15, 0.2) is 6.29 Å². The van der Waals surface area contributed by atoms with Gasteiger partial charge in [0.05, 0.1) is 24.4 Å². The van der Waals surface area contributed by atoms with Crippen molar-refractivity contribution in [2.75, 3.05) is 0 Å². The second-order valence-electron chi connectivity index (χ2n) is 5.54. The fraction of sp³-hybridized carbons (Fsp3) is 1.00. The van der Waals surface area contributed by atoms with Gasteiger partial charge in [0.1, 0.15) is 23.9 Å². The molecule has 0 unspecified atom stereocenters. The van der Waals surface area contributed by atoms with Crippen molar-refractivity contribution in [3.63, 3.8) is 0 Å². The molecule has 8 N–H and O–H groups in total. The second-order valence-corrected chi connectivity index (χ2v) is 5.54. The van der Waals surface area contributed by atoms with E-state index in [1.54, 1.807) is 0 Å². The Labute approximate surface area is 121 Å². The Kier molecular flexibility index (Phi) is 6.07. The Morgan fingerprint density at radius 1 is 1.10 bits per heavy atom. The molecule has 21 heavy (non-hydrogen) atoms. The minimum Gasteiger partial charge on any atom is -0.391 e. The molecule has 1 saturated heterocycles. The van der Waals surface area contributed by atoms with Gasteiger partial charge in [-0.15, -0.1) is 0 Å². The van der Waals surface area contributed by atoms with Gasteiger partial charge in [0.2, 0.25) is 0 Å². The first-order chi connectivity index (χ1) is 9.53. The van der Waals surface area contributed by atoms with Crippen molar-refractivity contribution in [2.45, 2.75) is 74.9 Å². The third-order valence-electron chi connectivity index (χ3n) is 3.97. The summed E-state index contributed by atoms with van der Waals surface area (Å²) in [6.07, 6.45) is -13.5. The molecule has 0 amide bonds. The zero-order valence-electron chi connectivity index (χ0n) is 11.8. The van der Waals surface area contributed by atoms with Crippen LogP contribution in [0.5, 0.6) is 0 Å². The van der Waals surface area contributed by atoms with E-state index in [0.29, 0.717) is 0 Å². The van der Waals surface area contributed by atoms with Crippen LogP contribution in [0.3, 0.4) is 0 Å². The molecule has 0 spiro atoms. The van der Waals surface area contributed by atoms with Crippen LogP contribution >= 0.6 is 0 Å². The Bertz CT molecular complexity index is 339. The molecule has 9 heteroatoms. The first-order valence-electron chi connectivity index (χ1n) is 6.67. The summed E-state index contributed by atoms with van der Waals surface area (Å²) in [5.41, 5.74) is -2.36. The highest BCUT2D eigenvalue weighted by Crippen LogP contribution is 2.33. The van der Waals surface area contributed by atoms with Crippen LogP contribution in [0.25, 0.3) is 0 Å².